The van der Waals surface area contributed by atoms with Crippen molar-refractivity contribution < 1.29 is 4.74 Å². The third-order valence-electron chi connectivity index (χ3n) is 4.76. The van der Waals surface area contributed by atoms with E-state index >= 15 is 0 Å². The second-order valence-electron chi connectivity index (χ2n) is 7.79. The zero-order valence-electron chi connectivity index (χ0n) is 16.3. The summed E-state index contributed by atoms with van der Waals surface area (Å²) in [4.78, 5) is 4.36. The topological polar surface area (TPSA) is 45.7 Å². The molecule has 1 heterocycles. The van der Waals surface area contributed by atoms with Crippen LogP contribution in [0.15, 0.2) is 29.3 Å². The molecule has 5 heteroatoms. The van der Waals surface area contributed by atoms with E-state index in [-0.39, 0.29) is 29.4 Å². The van der Waals surface area contributed by atoms with E-state index in [0.29, 0.717) is 12.0 Å². The van der Waals surface area contributed by atoms with Crippen LogP contribution < -0.4 is 10.6 Å². The lowest BCUT2D eigenvalue weighted by atomic mass is 9.78. The van der Waals surface area contributed by atoms with Crippen molar-refractivity contribution in [3.63, 3.8) is 0 Å². The molecule has 4 nitrogen and oxygen atoms in total. The summed E-state index contributed by atoms with van der Waals surface area (Å²) in [6, 6.07) is 8.44. The van der Waals surface area contributed by atoms with Gasteiger partial charge in [-0.25, -0.2) is 0 Å². The number of ether oxygens (including phenoxy) is 1. The maximum Gasteiger partial charge on any atom is 0.191 e. The van der Waals surface area contributed by atoms with E-state index in [1.54, 1.807) is 0 Å². The van der Waals surface area contributed by atoms with Crippen molar-refractivity contribution in [2.24, 2.45) is 16.3 Å². The van der Waals surface area contributed by atoms with Gasteiger partial charge in [0.1, 0.15) is 0 Å². The van der Waals surface area contributed by atoms with Gasteiger partial charge in [0.2, 0.25) is 0 Å². The van der Waals surface area contributed by atoms with Crippen molar-refractivity contribution in [3.05, 3.63) is 35.4 Å². The summed E-state index contributed by atoms with van der Waals surface area (Å²) < 4.78 is 6.07. The van der Waals surface area contributed by atoms with Crippen LogP contribution in [-0.2, 0) is 11.3 Å². The smallest absolute Gasteiger partial charge is 0.191 e. The summed E-state index contributed by atoms with van der Waals surface area (Å²) in [5, 5.41) is 6.91. The van der Waals surface area contributed by atoms with Crippen LogP contribution in [0.5, 0.6) is 0 Å². The molecule has 2 rings (SSSR count). The van der Waals surface area contributed by atoms with Crippen LogP contribution in [0, 0.1) is 18.3 Å². The van der Waals surface area contributed by atoms with Gasteiger partial charge in [-0.1, -0.05) is 45.0 Å². The van der Waals surface area contributed by atoms with Gasteiger partial charge in [0.05, 0.1) is 6.10 Å². The van der Waals surface area contributed by atoms with Gasteiger partial charge >= 0.3 is 0 Å². The van der Waals surface area contributed by atoms with Crippen LogP contribution in [0.3, 0.4) is 0 Å². The molecule has 25 heavy (non-hydrogen) atoms. The number of nitrogens with zero attached hydrogens (tertiary/aromatic N) is 1. The molecular formula is C20H34IN3O. The number of halogens is 1. The summed E-state index contributed by atoms with van der Waals surface area (Å²) in [7, 11) is 1.83. The molecule has 1 aromatic rings. The third kappa shape index (κ3) is 6.77. The maximum atomic E-state index is 6.07. The molecule has 2 unspecified atom stereocenters. The van der Waals surface area contributed by atoms with E-state index in [1.165, 1.54) is 17.5 Å². The molecule has 2 N–H and O–H groups in total. The molecule has 0 spiro atoms. The van der Waals surface area contributed by atoms with Crippen molar-refractivity contribution in [3.8, 4) is 0 Å². The average molecular weight is 459 g/mol. The minimum atomic E-state index is 0. The molecule has 0 aromatic heterocycles. The van der Waals surface area contributed by atoms with E-state index in [2.05, 4.69) is 67.6 Å². The number of hydrogen-bond acceptors (Lipinski definition) is 2. The first kappa shape index (κ1) is 22.2. The van der Waals surface area contributed by atoms with Gasteiger partial charge in [0, 0.05) is 32.7 Å². The molecule has 1 aliphatic rings. The number of benzene rings is 1. The highest BCUT2D eigenvalue weighted by Gasteiger charge is 2.35. The highest BCUT2D eigenvalue weighted by atomic mass is 127. The van der Waals surface area contributed by atoms with Crippen molar-refractivity contribution in [2.45, 2.75) is 53.2 Å². The van der Waals surface area contributed by atoms with Gasteiger partial charge < -0.3 is 15.4 Å². The zero-order chi connectivity index (χ0) is 17.6. The van der Waals surface area contributed by atoms with Crippen LogP contribution in [0.2, 0.25) is 0 Å². The molecule has 0 radical (unpaired) electrons. The van der Waals surface area contributed by atoms with Crippen molar-refractivity contribution >= 4 is 29.9 Å². The van der Waals surface area contributed by atoms with E-state index in [1.807, 2.05) is 7.05 Å². The fourth-order valence-electron chi connectivity index (χ4n) is 3.45. The van der Waals surface area contributed by atoms with Gasteiger partial charge in [-0.2, -0.15) is 0 Å². The first-order valence-electron chi connectivity index (χ1n) is 9.02. The number of aryl methyl sites for hydroxylation is 1. The van der Waals surface area contributed by atoms with Gasteiger partial charge in [-0.3, -0.25) is 4.99 Å². The lowest BCUT2D eigenvalue weighted by Crippen LogP contribution is -2.47. The summed E-state index contributed by atoms with van der Waals surface area (Å²) in [6.07, 6.45) is 2.66. The van der Waals surface area contributed by atoms with Crippen molar-refractivity contribution in [2.75, 3.05) is 20.2 Å². The van der Waals surface area contributed by atoms with Crippen LogP contribution in [0.4, 0.5) is 0 Å². The Balaban J connectivity index is 0.00000312. The Morgan fingerprint density at radius 3 is 2.60 bits per heavy atom. The number of hydrogen-bond donors (Lipinski definition) is 2. The Bertz CT molecular complexity index is 554. The minimum Gasteiger partial charge on any atom is -0.377 e. The molecule has 0 aliphatic carbocycles. The lowest BCUT2D eigenvalue weighted by Gasteiger charge is -2.40. The Morgan fingerprint density at radius 2 is 1.96 bits per heavy atom. The first-order valence-corrected chi connectivity index (χ1v) is 9.02. The monoisotopic (exact) mass is 459 g/mol. The summed E-state index contributed by atoms with van der Waals surface area (Å²) in [5.41, 5.74) is 2.77. The average Bonchev–Trinajstić information content (AvgIpc) is 2.56. The minimum absolute atomic E-state index is 0. The molecule has 1 aliphatic heterocycles. The highest BCUT2D eigenvalue weighted by Crippen LogP contribution is 2.33. The molecule has 1 fully saturated rings. The van der Waals surface area contributed by atoms with Gasteiger partial charge in [0.15, 0.2) is 5.96 Å². The maximum absolute atomic E-state index is 6.07. The SMILES string of the molecule is CN=C(NCc1ccccc1C)NCC1CCCOC1C(C)(C)C.I. The van der Waals surface area contributed by atoms with Crippen LogP contribution in [0.1, 0.15) is 44.7 Å². The van der Waals surface area contributed by atoms with Gasteiger partial charge in [-0.15, -0.1) is 24.0 Å². The lowest BCUT2D eigenvalue weighted by molar-refractivity contribution is -0.0835. The quantitative estimate of drug-likeness (QED) is 0.405. The summed E-state index contributed by atoms with van der Waals surface area (Å²) in [6.45, 7) is 11.5. The Morgan fingerprint density at radius 1 is 1.24 bits per heavy atom. The highest BCUT2D eigenvalue weighted by molar-refractivity contribution is 14.0. The first-order chi connectivity index (χ1) is 11.4. The van der Waals surface area contributed by atoms with E-state index in [0.717, 1.165) is 32.1 Å². The predicted octanol–water partition coefficient (Wildman–Crippen LogP) is 4.12. The number of guanidine groups is 1. The van der Waals surface area contributed by atoms with Crippen LogP contribution in [-0.4, -0.2) is 32.3 Å². The van der Waals surface area contributed by atoms with E-state index < -0.39 is 0 Å². The molecule has 0 amide bonds. The summed E-state index contributed by atoms with van der Waals surface area (Å²) in [5.74, 6) is 1.38. The molecule has 0 saturated carbocycles. The molecule has 2 atom stereocenters. The van der Waals surface area contributed by atoms with Crippen LogP contribution >= 0.6 is 24.0 Å². The fourth-order valence-corrected chi connectivity index (χ4v) is 3.45. The van der Waals surface area contributed by atoms with E-state index in [9.17, 15) is 0 Å². The molecular weight excluding hydrogens is 425 g/mol. The van der Waals surface area contributed by atoms with E-state index in [4.69, 9.17) is 4.74 Å². The summed E-state index contributed by atoms with van der Waals surface area (Å²) >= 11 is 0. The number of aliphatic imine (C=N–C) groups is 1. The molecule has 142 valence electrons. The fraction of sp³-hybridized carbons (Fsp3) is 0.650. The van der Waals surface area contributed by atoms with Crippen LogP contribution in [0.25, 0.3) is 0 Å². The molecule has 1 aromatic carbocycles. The number of nitrogens with one attached hydrogen (secondary N) is 2. The second kappa shape index (κ2) is 10.4. The number of rotatable bonds is 4. The van der Waals surface area contributed by atoms with Gasteiger partial charge in [-0.05, 0) is 36.3 Å². The zero-order valence-corrected chi connectivity index (χ0v) is 18.6. The Hall–Kier alpha value is -0.820. The predicted molar refractivity (Wildman–Crippen MR) is 117 cm³/mol. The van der Waals surface area contributed by atoms with Crippen molar-refractivity contribution in [1.29, 1.82) is 0 Å². The Kier molecular flexibility index (Phi) is 9.21. The standard InChI is InChI=1S/C20H33N3O.HI/c1-15-9-6-7-10-16(15)13-22-19(21-5)23-14-17-11-8-12-24-18(17)20(2,3)4;/h6-7,9-10,17-18H,8,11-14H2,1-5H3,(H2,21,22,23);1H. The van der Waals surface area contributed by atoms with Crippen molar-refractivity contribution in [1.82, 2.24) is 10.6 Å². The Labute approximate surface area is 170 Å². The second-order valence-corrected chi connectivity index (χ2v) is 7.79. The molecule has 0 bridgehead atoms. The normalized spacial score (nSPS) is 21.4. The third-order valence-corrected chi connectivity index (χ3v) is 4.76. The largest absolute Gasteiger partial charge is 0.377 e. The molecule has 1 saturated heterocycles. The van der Waals surface area contributed by atoms with Gasteiger partial charge in [0.25, 0.3) is 0 Å².